The number of amides is 1. The lowest BCUT2D eigenvalue weighted by molar-refractivity contribution is -0.121. The van der Waals surface area contributed by atoms with Gasteiger partial charge >= 0.3 is 0 Å². The first-order valence-electron chi connectivity index (χ1n) is 7.75. The molecule has 0 aliphatic carbocycles. The fourth-order valence-corrected chi connectivity index (χ4v) is 2.51. The van der Waals surface area contributed by atoms with E-state index >= 15 is 0 Å². The molecule has 0 saturated carbocycles. The van der Waals surface area contributed by atoms with Crippen LogP contribution in [0.15, 0.2) is 48.5 Å². The molecule has 1 aromatic heterocycles. The second-order valence-electron chi connectivity index (χ2n) is 5.85. The molecule has 3 rings (SSSR count). The van der Waals surface area contributed by atoms with Gasteiger partial charge < -0.3 is 5.32 Å². The maximum atomic E-state index is 12.1. The third kappa shape index (κ3) is 3.56. The highest BCUT2D eigenvalue weighted by atomic mass is 16.2. The summed E-state index contributed by atoms with van der Waals surface area (Å²) in [6.07, 6.45) is 0. The minimum absolute atomic E-state index is 0.0559. The van der Waals surface area contributed by atoms with Gasteiger partial charge in [0.15, 0.2) is 0 Å². The van der Waals surface area contributed by atoms with E-state index in [0.29, 0.717) is 6.54 Å². The molecule has 0 aliphatic heterocycles. The third-order valence-corrected chi connectivity index (χ3v) is 3.97. The molecule has 118 valence electrons. The van der Waals surface area contributed by atoms with E-state index in [0.717, 1.165) is 11.0 Å². The molecule has 1 unspecified atom stereocenters. The summed E-state index contributed by atoms with van der Waals surface area (Å²) in [5.74, 6) is 0.214. The molecule has 23 heavy (non-hydrogen) atoms. The van der Waals surface area contributed by atoms with Gasteiger partial charge in [0.05, 0.1) is 5.52 Å². The lowest BCUT2D eigenvalue weighted by Gasteiger charge is -2.13. The van der Waals surface area contributed by atoms with Gasteiger partial charge in [-0.3, -0.25) is 4.79 Å². The maximum absolute atomic E-state index is 12.1. The van der Waals surface area contributed by atoms with E-state index in [1.165, 1.54) is 11.1 Å². The molecule has 0 fully saturated rings. The van der Waals surface area contributed by atoms with Crippen molar-refractivity contribution < 1.29 is 4.79 Å². The Hall–Kier alpha value is -2.69. The van der Waals surface area contributed by atoms with Crippen molar-refractivity contribution in [1.29, 1.82) is 0 Å². The fraction of sp³-hybridized carbons (Fsp3) is 0.278. The van der Waals surface area contributed by atoms with Gasteiger partial charge in [-0.15, -0.1) is 5.10 Å². The van der Waals surface area contributed by atoms with E-state index in [1.807, 2.05) is 24.3 Å². The zero-order chi connectivity index (χ0) is 16.2. The summed E-state index contributed by atoms with van der Waals surface area (Å²) in [5.41, 5.74) is 4.13. The summed E-state index contributed by atoms with van der Waals surface area (Å²) in [6.45, 7) is 4.96. The highest BCUT2D eigenvalue weighted by molar-refractivity contribution is 5.79. The van der Waals surface area contributed by atoms with Crippen LogP contribution in [0.2, 0.25) is 0 Å². The lowest BCUT2D eigenvalue weighted by atomic mass is 10.00. The second-order valence-corrected chi connectivity index (χ2v) is 5.85. The van der Waals surface area contributed by atoms with Gasteiger partial charge in [0.2, 0.25) is 5.91 Å². The number of hydrogen-bond donors (Lipinski definition) is 1. The lowest BCUT2D eigenvalue weighted by Crippen LogP contribution is -2.31. The number of hydrogen-bond acceptors (Lipinski definition) is 3. The molecule has 1 atom stereocenters. The third-order valence-electron chi connectivity index (χ3n) is 3.97. The van der Waals surface area contributed by atoms with E-state index in [9.17, 15) is 4.79 Å². The summed E-state index contributed by atoms with van der Waals surface area (Å²) in [4.78, 5) is 12.1. The number of aryl methyl sites for hydroxylation is 1. The van der Waals surface area contributed by atoms with Gasteiger partial charge in [-0.25, -0.2) is 4.68 Å². The Morgan fingerprint density at radius 1 is 1.17 bits per heavy atom. The quantitative estimate of drug-likeness (QED) is 0.788. The van der Waals surface area contributed by atoms with Crippen molar-refractivity contribution in [2.45, 2.75) is 26.3 Å². The van der Waals surface area contributed by atoms with Crippen LogP contribution in [0, 0.1) is 6.92 Å². The summed E-state index contributed by atoms with van der Waals surface area (Å²) >= 11 is 0. The van der Waals surface area contributed by atoms with Crippen LogP contribution in [0.4, 0.5) is 0 Å². The first kappa shape index (κ1) is 15.2. The van der Waals surface area contributed by atoms with Crippen molar-refractivity contribution in [2.75, 3.05) is 6.54 Å². The van der Waals surface area contributed by atoms with Gasteiger partial charge in [0, 0.05) is 6.54 Å². The number of fused-ring (bicyclic) bond motifs is 1. The van der Waals surface area contributed by atoms with Crippen LogP contribution >= 0.6 is 0 Å². The van der Waals surface area contributed by atoms with E-state index in [4.69, 9.17) is 0 Å². The predicted molar refractivity (Wildman–Crippen MR) is 90.1 cm³/mol. The minimum atomic E-state index is -0.0559. The molecule has 3 aromatic rings. The van der Waals surface area contributed by atoms with E-state index in [-0.39, 0.29) is 18.4 Å². The first-order valence-corrected chi connectivity index (χ1v) is 7.75. The topological polar surface area (TPSA) is 59.8 Å². The van der Waals surface area contributed by atoms with Crippen molar-refractivity contribution >= 4 is 16.9 Å². The summed E-state index contributed by atoms with van der Waals surface area (Å²) in [7, 11) is 0. The maximum Gasteiger partial charge on any atom is 0.241 e. The standard InChI is InChI=1S/C18H20N4O/c1-13-7-9-15(10-8-13)14(2)11-19-18(23)12-22-17-6-4-3-5-16(17)20-21-22/h3-10,14H,11-12H2,1-2H3,(H,19,23). The summed E-state index contributed by atoms with van der Waals surface area (Å²) in [5, 5.41) is 11.1. The van der Waals surface area contributed by atoms with Crippen molar-refractivity contribution in [3.63, 3.8) is 0 Å². The normalized spacial score (nSPS) is 12.3. The van der Waals surface area contributed by atoms with Crippen molar-refractivity contribution in [3.05, 3.63) is 59.7 Å². The van der Waals surface area contributed by atoms with Crippen LogP contribution in [0.5, 0.6) is 0 Å². The van der Waals surface area contributed by atoms with Gasteiger partial charge in [-0.2, -0.15) is 0 Å². The molecule has 0 aliphatic rings. The number of nitrogens with one attached hydrogen (secondary N) is 1. The van der Waals surface area contributed by atoms with Gasteiger partial charge in [0.1, 0.15) is 12.1 Å². The number of para-hydroxylation sites is 1. The SMILES string of the molecule is Cc1ccc(C(C)CNC(=O)Cn2nnc3ccccc32)cc1. The number of nitrogens with zero attached hydrogens (tertiary/aromatic N) is 3. The number of aromatic nitrogens is 3. The molecule has 5 heteroatoms. The van der Waals surface area contributed by atoms with Gasteiger partial charge in [-0.1, -0.05) is 54.1 Å². The molecule has 1 heterocycles. The van der Waals surface area contributed by atoms with Crippen LogP contribution < -0.4 is 5.32 Å². The Bertz CT molecular complexity index is 807. The van der Waals surface area contributed by atoms with Crippen LogP contribution in [0.1, 0.15) is 24.0 Å². The largest absolute Gasteiger partial charge is 0.354 e. The number of carbonyl (C=O) groups is 1. The molecular formula is C18H20N4O. The zero-order valence-corrected chi connectivity index (χ0v) is 13.4. The molecule has 0 spiro atoms. The smallest absolute Gasteiger partial charge is 0.241 e. The molecular weight excluding hydrogens is 288 g/mol. The van der Waals surface area contributed by atoms with E-state index in [1.54, 1.807) is 4.68 Å². The fourth-order valence-electron chi connectivity index (χ4n) is 2.51. The van der Waals surface area contributed by atoms with Gasteiger partial charge in [-0.05, 0) is 30.5 Å². The average molecular weight is 308 g/mol. The molecule has 0 saturated heterocycles. The Morgan fingerprint density at radius 3 is 2.70 bits per heavy atom. The molecule has 2 aromatic carbocycles. The predicted octanol–water partition coefficient (Wildman–Crippen LogP) is 2.66. The Morgan fingerprint density at radius 2 is 1.91 bits per heavy atom. The summed E-state index contributed by atoms with van der Waals surface area (Å²) < 4.78 is 1.63. The molecule has 0 bridgehead atoms. The van der Waals surface area contributed by atoms with Crippen molar-refractivity contribution in [2.24, 2.45) is 0 Å². The van der Waals surface area contributed by atoms with Crippen LogP contribution in [-0.2, 0) is 11.3 Å². The van der Waals surface area contributed by atoms with Crippen molar-refractivity contribution in [1.82, 2.24) is 20.3 Å². The Labute approximate surface area is 135 Å². The Balaban J connectivity index is 1.58. The average Bonchev–Trinajstić information content (AvgIpc) is 2.96. The first-order chi connectivity index (χ1) is 11.1. The molecule has 1 amide bonds. The highest BCUT2D eigenvalue weighted by Crippen LogP contribution is 2.15. The number of carbonyl (C=O) groups excluding carboxylic acids is 1. The molecule has 1 N–H and O–H groups in total. The van der Waals surface area contributed by atoms with E-state index in [2.05, 4.69) is 53.7 Å². The highest BCUT2D eigenvalue weighted by Gasteiger charge is 2.10. The zero-order valence-electron chi connectivity index (χ0n) is 13.4. The van der Waals surface area contributed by atoms with Crippen LogP contribution in [-0.4, -0.2) is 27.4 Å². The molecule has 5 nitrogen and oxygen atoms in total. The second kappa shape index (κ2) is 6.60. The van der Waals surface area contributed by atoms with Crippen LogP contribution in [0.3, 0.4) is 0 Å². The number of rotatable bonds is 5. The van der Waals surface area contributed by atoms with Crippen LogP contribution in [0.25, 0.3) is 11.0 Å². The number of benzene rings is 2. The molecule has 0 radical (unpaired) electrons. The summed E-state index contributed by atoms with van der Waals surface area (Å²) in [6, 6.07) is 16.0. The van der Waals surface area contributed by atoms with E-state index < -0.39 is 0 Å². The van der Waals surface area contributed by atoms with Gasteiger partial charge in [0.25, 0.3) is 0 Å². The van der Waals surface area contributed by atoms with Crippen molar-refractivity contribution in [3.8, 4) is 0 Å². The Kier molecular flexibility index (Phi) is 4.37. The monoisotopic (exact) mass is 308 g/mol. The minimum Gasteiger partial charge on any atom is -0.354 e.